The molecule has 0 saturated carbocycles. The van der Waals surface area contributed by atoms with Gasteiger partial charge in [-0.25, -0.2) is 8.78 Å². The van der Waals surface area contributed by atoms with E-state index < -0.39 is 12.3 Å². The van der Waals surface area contributed by atoms with E-state index in [0.717, 1.165) is 11.3 Å². The van der Waals surface area contributed by atoms with E-state index in [0.29, 0.717) is 11.1 Å². The van der Waals surface area contributed by atoms with Crippen LogP contribution < -0.4 is 11.5 Å². The average Bonchev–Trinajstić information content (AvgIpc) is 2.87. The Balaban J connectivity index is 2.42. The molecule has 0 atom stereocenters. The zero-order valence-corrected chi connectivity index (χ0v) is 11.0. The van der Waals surface area contributed by atoms with Gasteiger partial charge in [-0.05, 0) is 29.1 Å². The number of aliphatic imine (C=N–C) groups is 1. The fraction of sp³-hybridized carbons (Fsp3) is 0.0769. The van der Waals surface area contributed by atoms with Gasteiger partial charge in [-0.15, -0.1) is 11.3 Å². The van der Waals surface area contributed by atoms with E-state index in [2.05, 4.69) is 4.99 Å². The van der Waals surface area contributed by atoms with Gasteiger partial charge in [0.05, 0.1) is 4.88 Å². The summed E-state index contributed by atoms with van der Waals surface area (Å²) in [5, 5.41) is 1.58. The van der Waals surface area contributed by atoms with Gasteiger partial charge < -0.3 is 11.5 Å². The van der Waals surface area contributed by atoms with E-state index in [4.69, 9.17) is 11.5 Å². The maximum atomic E-state index is 12.9. The Kier molecular flexibility index (Phi) is 4.09. The molecule has 1 aromatic carbocycles. The standard InChI is InChI=1S/C13H11F2N3OS/c14-11(15)10-9(4-5-20-10)7-2-1-3-8(6-7)12(19)18-13(16)17/h1-6,11H,(H4,16,17,18,19). The predicted molar refractivity (Wildman–Crippen MR) is 74.9 cm³/mol. The van der Waals surface area contributed by atoms with Crippen molar-refractivity contribution < 1.29 is 13.6 Å². The van der Waals surface area contributed by atoms with Gasteiger partial charge in [0.15, 0.2) is 5.96 Å². The van der Waals surface area contributed by atoms with E-state index >= 15 is 0 Å². The second kappa shape index (κ2) is 5.79. The van der Waals surface area contributed by atoms with Crippen molar-refractivity contribution in [2.75, 3.05) is 0 Å². The highest BCUT2D eigenvalue weighted by Gasteiger charge is 2.16. The van der Waals surface area contributed by atoms with Crippen LogP contribution in [0.5, 0.6) is 0 Å². The van der Waals surface area contributed by atoms with Crippen molar-refractivity contribution in [3.8, 4) is 11.1 Å². The van der Waals surface area contributed by atoms with Crippen LogP contribution in [0.15, 0.2) is 40.7 Å². The van der Waals surface area contributed by atoms with Crippen molar-refractivity contribution >= 4 is 23.2 Å². The molecule has 0 bridgehead atoms. The van der Waals surface area contributed by atoms with Gasteiger partial charge in [0.1, 0.15) is 0 Å². The SMILES string of the molecule is NC(N)=NC(=O)c1cccc(-c2ccsc2C(F)F)c1. The minimum absolute atomic E-state index is 0.0311. The molecule has 0 aliphatic heterocycles. The molecule has 20 heavy (non-hydrogen) atoms. The summed E-state index contributed by atoms with van der Waals surface area (Å²) in [5.41, 5.74) is 11.4. The molecule has 2 rings (SSSR count). The molecule has 0 spiro atoms. The number of hydrogen-bond acceptors (Lipinski definition) is 2. The Hall–Kier alpha value is -2.28. The van der Waals surface area contributed by atoms with Gasteiger partial charge >= 0.3 is 0 Å². The largest absolute Gasteiger partial charge is 0.370 e. The summed E-state index contributed by atoms with van der Waals surface area (Å²) in [6, 6.07) is 7.85. The average molecular weight is 295 g/mol. The lowest BCUT2D eigenvalue weighted by molar-refractivity contribution is 0.100. The van der Waals surface area contributed by atoms with Crippen LogP contribution in [0.25, 0.3) is 11.1 Å². The maximum absolute atomic E-state index is 12.9. The molecule has 0 fully saturated rings. The molecule has 0 unspecified atom stereocenters. The molecular weight excluding hydrogens is 284 g/mol. The first-order valence-corrected chi connectivity index (χ1v) is 6.47. The van der Waals surface area contributed by atoms with Crippen molar-refractivity contribution in [2.24, 2.45) is 16.5 Å². The Morgan fingerprint density at radius 2 is 2.00 bits per heavy atom. The minimum atomic E-state index is -2.55. The lowest BCUT2D eigenvalue weighted by Gasteiger charge is -2.04. The molecule has 2 aromatic rings. The summed E-state index contributed by atoms with van der Waals surface area (Å²) in [7, 11) is 0. The van der Waals surface area contributed by atoms with Gasteiger partial charge in [0, 0.05) is 11.1 Å². The number of alkyl halides is 2. The summed E-state index contributed by atoms with van der Waals surface area (Å²) in [5.74, 6) is -0.954. The fourth-order valence-electron chi connectivity index (χ4n) is 1.73. The fourth-order valence-corrected chi connectivity index (χ4v) is 2.50. The van der Waals surface area contributed by atoms with Crippen LogP contribution in [0.4, 0.5) is 8.78 Å². The zero-order chi connectivity index (χ0) is 14.7. The highest BCUT2D eigenvalue weighted by atomic mass is 32.1. The van der Waals surface area contributed by atoms with E-state index in [1.807, 2.05) is 0 Å². The number of thiophene rings is 1. The smallest absolute Gasteiger partial charge is 0.280 e. The van der Waals surface area contributed by atoms with Gasteiger partial charge in [-0.2, -0.15) is 4.99 Å². The second-order valence-electron chi connectivity index (χ2n) is 3.92. The summed E-state index contributed by atoms with van der Waals surface area (Å²) < 4.78 is 25.7. The number of carbonyl (C=O) groups excluding carboxylic acids is 1. The molecule has 1 aromatic heterocycles. The number of carbonyl (C=O) groups is 1. The normalized spacial score (nSPS) is 10.6. The third kappa shape index (κ3) is 3.00. The molecule has 0 aliphatic rings. The Bertz CT molecular complexity index is 663. The summed E-state index contributed by atoms with van der Waals surface area (Å²) >= 11 is 0.975. The first kappa shape index (κ1) is 14.1. The lowest BCUT2D eigenvalue weighted by atomic mass is 10.0. The Morgan fingerprint density at radius 3 is 2.65 bits per heavy atom. The monoisotopic (exact) mass is 295 g/mol. The van der Waals surface area contributed by atoms with Crippen molar-refractivity contribution in [1.29, 1.82) is 0 Å². The number of benzene rings is 1. The molecule has 1 heterocycles. The van der Waals surface area contributed by atoms with E-state index in [-0.39, 0.29) is 16.4 Å². The predicted octanol–water partition coefficient (Wildman–Crippen LogP) is 2.77. The minimum Gasteiger partial charge on any atom is -0.370 e. The van der Waals surface area contributed by atoms with Crippen molar-refractivity contribution in [1.82, 2.24) is 0 Å². The third-order valence-corrected chi connectivity index (χ3v) is 3.47. The van der Waals surface area contributed by atoms with E-state index in [1.165, 1.54) is 12.1 Å². The highest BCUT2D eigenvalue weighted by molar-refractivity contribution is 7.10. The van der Waals surface area contributed by atoms with Crippen molar-refractivity contribution in [2.45, 2.75) is 6.43 Å². The number of rotatable bonds is 3. The van der Waals surface area contributed by atoms with Crippen molar-refractivity contribution in [3.05, 3.63) is 46.2 Å². The van der Waals surface area contributed by atoms with E-state index in [1.54, 1.807) is 23.6 Å². The van der Waals surface area contributed by atoms with Gasteiger partial charge in [0.2, 0.25) is 0 Å². The second-order valence-corrected chi connectivity index (χ2v) is 4.87. The van der Waals surface area contributed by atoms with Crippen molar-refractivity contribution in [3.63, 3.8) is 0 Å². The van der Waals surface area contributed by atoms with Gasteiger partial charge in [-0.3, -0.25) is 4.79 Å². The van der Waals surface area contributed by atoms with Crippen LogP contribution in [0.3, 0.4) is 0 Å². The topological polar surface area (TPSA) is 81.5 Å². The van der Waals surface area contributed by atoms with Crippen LogP contribution in [-0.4, -0.2) is 11.9 Å². The number of nitrogens with zero attached hydrogens (tertiary/aromatic N) is 1. The number of halogens is 2. The number of amides is 1. The third-order valence-electron chi connectivity index (χ3n) is 2.54. The van der Waals surface area contributed by atoms with E-state index in [9.17, 15) is 13.6 Å². The first-order valence-electron chi connectivity index (χ1n) is 5.59. The van der Waals surface area contributed by atoms with Crippen LogP contribution in [-0.2, 0) is 0 Å². The number of nitrogens with two attached hydrogens (primary N) is 2. The molecular formula is C13H11F2N3OS. The summed E-state index contributed by atoms with van der Waals surface area (Å²) in [6.07, 6.45) is -2.55. The summed E-state index contributed by atoms with van der Waals surface area (Å²) in [6.45, 7) is 0. The maximum Gasteiger partial charge on any atom is 0.280 e. The summed E-state index contributed by atoms with van der Waals surface area (Å²) in [4.78, 5) is 15.1. The Morgan fingerprint density at radius 1 is 1.25 bits per heavy atom. The lowest BCUT2D eigenvalue weighted by Crippen LogP contribution is -2.24. The Labute approximate surface area is 117 Å². The van der Waals surface area contributed by atoms with Crippen LogP contribution in [0, 0.1) is 0 Å². The number of guanidine groups is 1. The molecule has 0 aliphatic carbocycles. The quantitative estimate of drug-likeness (QED) is 0.675. The zero-order valence-electron chi connectivity index (χ0n) is 10.2. The van der Waals surface area contributed by atoms with Gasteiger partial charge in [-0.1, -0.05) is 12.1 Å². The first-order chi connectivity index (χ1) is 9.49. The molecule has 4 nitrogen and oxygen atoms in total. The van der Waals surface area contributed by atoms with Gasteiger partial charge in [0.25, 0.3) is 12.3 Å². The molecule has 4 N–H and O–H groups in total. The number of hydrogen-bond donors (Lipinski definition) is 2. The molecule has 7 heteroatoms. The molecule has 104 valence electrons. The molecule has 1 amide bonds. The molecule has 0 radical (unpaired) electrons. The highest BCUT2D eigenvalue weighted by Crippen LogP contribution is 2.35. The molecule has 0 saturated heterocycles. The van der Waals surface area contributed by atoms with Crippen LogP contribution >= 0.6 is 11.3 Å². The van der Waals surface area contributed by atoms with Crippen LogP contribution in [0.1, 0.15) is 21.7 Å². The van der Waals surface area contributed by atoms with Crippen LogP contribution in [0.2, 0.25) is 0 Å².